The highest BCUT2D eigenvalue weighted by Gasteiger charge is 2.21. The molecule has 1 aromatic carbocycles. The predicted molar refractivity (Wildman–Crippen MR) is 76.1 cm³/mol. The van der Waals surface area contributed by atoms with E-state index in [4.69, 9.17) is 0 Å². The molecule has 0 bridgehead atoms. The lowest BCUT2D eigenvalue weighted by atomic mass is 10.1. The monoisotopic (exact) mass is 277 g/mol. The molecule has 1 saturated heterocycles. The van der Waals surface area contributed by atoms with E-state index in [0.717, 1.165) is 12.0 Å². The first-order chi connectivity index (χ1) is 9.72. The summed E-state index contributed by atoms with van der Waals surface area (Å²) in [5, 5.41) is 6.17. The van der Waals surface area contributed by atoms with Gasteiger partial charge in [0.05, 0.1) is 12.2 Å². The third-order valence-corrected chi connectivity index (χ3v) is 3.79. The molecule has 0 atom stereocenters. The molecule has 20 heavy (non-hydrogen) atoms. The van der Waals surface area contributed by atoms with Crippen molar-refractivity contribution < 1.29 is 9.18 Å². The fraction of sp³-hybridized carbons (Fsp3) is 0.533. The summed E-state index contributed by atoms with van der Waals surface area (Å²) in [6.45, 7) is 2.31. The summed E-state index contributed by atoms with van der Waals surface area (Å²) in [6.07, 6.45) is 3.29. The number of benzene rings is 1. The van der Waals surface area contributed by atoms with Gasteiger partial charge in [-0.1, -0.05) is 6.07 Å². The molecule has 0 radical (unpaired) electrons. The van der Waals surface area contributed by atoms with Crippen molar-refractivity contribution >= 4 is 11.6 Å². The van der Waals surface area contributed by atoms with Crippen molar-refractivity contribution in [2.75, 3.05) is 24.5 Å². The molecule has 0 aromatic heterocycles. The topological polar surface area (TPSA) is 44.4 Å². The fourth-order valence-corrected chi connectivity index (χ4v) is 2.48. The Morgan fingerprint density at radius 1 is 1.40 bits per heavy atom. The lowest BCUT2D eigenvalue weighted by Gasteiger charge is -2.22. The number of carbonyl (C=O) groups excluding carboxylic acids is 1. The molecule has 4 nitrogen and oxygen atoms in total. The zero-order valence-electron chi connectivity index (χ0n) is 11.5. The van der Waals surface area contributed by atoms with Gasteiger partial charge in [0.2, 0.25) is 5.91 Å². The van der Waals surface area contributed by atoms with E-state index in [2.05, 4.69) is 10.6 Å². The van der Waals surface area contributed by atoms with Gasteiger partial charge in [-0.05, 0) is 37.0 Å². The maximum absolute atomic E-state index is 14.2. The second-order valence-corrected chi connectivity index (χ2v) is 5.57. The van der Waals surface area contributed by atoms with Crippen molar-refractivity contribution in [1.29, 1.82) is 0 Å². The molecule has 1 saturated carbocycles. The van der Waals surface area contributed by atoms with Crippen molar-refractivity contribution in [1.82, 2.24) is 10.6 Å². The van der Waals surface area contributed by atoms with E-state index in [1.165, 1.54) is 12.8 Å². The maximum atomic E-state index is 14.2. The van der Waals surface area contributed by atoms with Crippen LogP contribution in [0.5, 0.6) is 0 Å². The molecular formula is C15H20FN3O. The third-order valence-electron chi connectivity index (χ3n) is 3.79. The Hall–Kier alpha value is -1.62. The summed E-state index contributed by atoms with van der Waals surface area (Å²) >= 11 is 0. The Bertz CT molecular complexity index is 502. The Morgan fingerprint density at radius 2 is 2.25 bits per heavy atom. The van der Waals surface area contributed by atoms with Crippen LogP contribution < -0.4 is 15.5 Å². The first-order valence-electron chi connectivity index (χ1n) is 7.26. The summed E-state index contributed by atoms with van der Waals surface area (Å²) < 4.78 is 14.2. The van der Waals surface area contributed by atoms with Gasteiger partial charge in [-0.15, -0.1) is 0 Å². The molecule has 1 amide bonds. The highest BCUT2D eigenvalue weighted by molar-refractivity contribution is 5.81. The minimum Gasteiger partial charge on any atom is -0.360 e. The van der Waals surface area contributed by atoms with E-state index in [-0.39, 0.29) is 18.3 Å². The van der Waals surface area contributed by atoms with E-state index in [0.29, 0.717) is 31.4 Å². The zero-order chi connectivity index (χ0) is 13.9. The van der Waals surface area contributed by atoms with Gasteiger partial charge in [0, 0.05) is 25.7 Å². The standard InChI is InChI=1S/C15H20FN3O/c16-13-8-11(9-18-12-3-4-12)2-5-14(13)19-7-1-6-17-15(20)10-19/h2,5,8,12,18H,1,3-4,6-7,9-10H2,(H,17,20). The molecule has 5 heteroatoms. The van der Waals surface area contributed by atoms with E-state index in [9.17, 15) is 9.18 Å². The number of anilines is 1. The van der Waals surface area contributed by atoms with Crippen molar-refractivity contribution in [3.05, 3.63) is 29.6 Å². The van der Waals surface area contributed by atoms with Crippen LogP contribution in [0.2, 0.25) is 0 Å². The maximum Gasteiger partial charge on any atom is 0.239 e. The minimum atomic E-state index is -0.241. The van der Waals surface area contributed by atoms with Gasteiger partial charge in [-0.2, -0.15) is 0 Å². The number of hydrogen-bond donors (Lipinski definition) is 2. The summed E-state index contributed by atoms with van der Waals surface area (Å²) in [7, 11) is 0. The van der Waals surface area contributed by atoms with Crippen LogP contribution in [0, 0.1) is 5.82 Å². The van der Waals surface area contributed by atoms with Crippen LogP contribution in [-0.4, -0.2) is 31.6 Å². The van der Waals surface area contributed by atoms with Crippen LogP contribution >= 0.6 is 0 Å². The quantitative estimate of drug-likeness (QED) is 0.874. The van der Waals surface area contributed by atoms with E-state index in [1.807, 2.05) is 11.0 Å². The second kappa shape index (κ2) is 5.79. The van der Waals surface area contributed by atoms with E-state index in [1.54, 1.807) is 12.1 Å². The summed E-state index contributed by atoms with van der Waals surface area (Å²) in [4.78, 5) is 13.4. The summed E-state index contributed by atoms with van der Waals surface area (Å²) in [5.74, 6) is -0.281. The van der Waals surface area contributed by atoms with Gasteiger partial charge in [-0.3, -0.25) is 4.79 Å². The molecule has 1 aromatic rings. The zero-order valence-corrected chi connectivity index (χ0v) is 11.5. The second-order valence-electron chi connectivity index (χ2n) is 5.57. The number of halogens is 1. The lowest BCUT2D eigenvalue weighted by Crippen LogP contribution is -2.33. The molecule has 0 spiro atoms. The van der Waals surface area contributed by atoms with Crippen LogP contribution in [0.4, 0.5) is 10.1 Å². The molecule has 3 rings (SSSR count). The molecule has 1 aliphatic heterocycles. The average molecular weight is 277 g/mol. The largest absolute Gasteiger partial charge is 0.360 e. The Balaban J connectivity index is 1.70. The van der Waals surface area contributed by atoms with Crippen molar-refractivity contribution in [2.24, 2.45) is 0 Å². The first-order valence-corrected chi connectivity index (χ1v) is 7.26. The molecular weight excluding hydrogens is 257 g/mol. The number of amides is 1. The number of carbonyl (C=O) groups is 1. The smallest absolute Gasteiger partial charge is 0.239 e. The Kier molecular flexibility index (Phi) is 3.87. The SMILES string of the molecule is O=C1CN(c2ccc(CNC3CC3)cc2F)CCCN1. The Morgan fingerprint density at radius 3 is 3.00 bits per heavy atom. The molecule has 2 fully saturated rings. The third kappa shape index (κ3) is 3.28. The predicted octanol–water partition coefficient (Wildman–Crippen LogP) is 1.40. The van der Waals surface area contributed by atoms with Crippen LogP contribution in [0.25, 0.3) is 0 Å². The van der Waals surface area contributed by atoms with Crippen molar-refractivity contribution in [3.63, 3.8) is 0 Å². The van der Waals surface area contributed by atoms with Gasteiger partial charge in [0.1, 0.15) is 5.82 Å². The minimum absolute atomic E-state index is 0.0404. The van der Waals surface area contributed by atoms with Crippen LogP contribution in [0.15, 0.2) is 18.2 Å². The number of nitrogens with zero attached hydrogens (tertiary/aromatic N) is 1. The molecule has 0 unspecified atom stereocenters. The number of hydrogen-bond acceptors (Lipinski definition) is 3. The van der Waals surface area contributed by atoms with Crippen molar-refractivity contribution in [2.45, 2.75) is 31.8 Å². The van der Waals surface area contributed by atoms with Crippen LogP contribution in [-0.2, 0) is 11.3 Å². The molecule has 2 N–H and O–H groups in total. The van der Waals surface area contributed by atoms with Crippen LogP contribution in [0.3, 0.4) is 0 Å². The highest BCUT2D eigenvalue weighted by atomic mass is 19.1. The van der Waals surface area contributed by atoms with Crippen molar-refractivity contribution in [3.8, 4) is 0 Å². The highest BCUT2D eigenvalue weighted by Crippen LogP contribution is 2.23. The lowest BCUT2D eigenvalue weighted by molar-refractivity contribution is -0.119. The molecule has 108 valence electrons. The Labute approximate surface area is 118 Å². The van der Waals surface area contributed by atoms with E-state index < -0.39 is 0 Å². The van der Waals surface area contributed by atoms with E-state index >= 15 is 0 Å². The first kappa shape index (κ1) is 13.4. The molecule has 1 aliphatic carbocycles. The average Bonchev–Trinajstić information content (AvgIpc) is 3.24. The molecule has 2 aliphatic rings. The molecule has 1 heterocycles. The number of nitrogens with one attached hydrogen (secondary N) is 2. The fourth-order valence-electron chi connectivity index (χ4n) is 2.48. The summed E-state index contributed by atoms with van der Waals surface area (Å²) in [6, 6.07) is 5.93. The summed E-state index contributed by atoms with van der Waals surface area (Å²) in [5.41, 5.74) is 1.48. The number of rotatable bonds is 4. The normalized spacial score (nSPS) is 19.6. The van der Waals surface area contributed by atoms with Gasteiger partial charge in [0.25, 0.3) is 0 Å². The van der Waals surface area contributed by atoms with Gasteiger partial charge in [-0.25, -0.2) is 4.39 Å². The van der Waals surface area contributed by atoms with Gasteiger partial charge >= 0.3 is 0 Å². The van der Waals surface area contributed by atoms with Gasteiger partial charge < -0.3 is 15.5 Å². The van der Waals surface area contributed by atoms with Crippen LogP contribution in [0.1, 0.15) is 24.8 Å². The van der Waals surface area contributed by atoms with Gasteiger partial charge in [0.15, 0.2) is 0 Å².